The molecule has 2 N–H and O–H groups in total. The third-order valence-corrected chi connectivity index (χ3v) is 7.37. The molecule has 32 heavy (non-hydrogen) atoms. The van der Waals surface area contributed by atoms with Gasteiger partial charge < -0.3 is 10.2 Å². The van der Waals surface area contributed by atoms with Crippen LogP contribution in [-0.4, -0.2) is 45.8 Å². The van der Waals surface area contributed by atoms with Crippen LogP contribution in [0.25, 0.3) is 0 Å². The number of fused-ring (bicyclic) bond motifs is 1. The SMILES string of the molecule is Cc1ccc(S(=O)(=O)Nc2ccc(NC(=O)C3=CN4CCS(=O)(=O)N=C4C=C3)cc2)cc1. The van der Waals surface area contributed by atoms with E-state index in [1.807, 2.05) is 6.92 Å². The molecule has 166 valence electrons. The van der Waals surface area contributed by atoms with Crippen molar-refractivity contribution in [3.05, 3.63) is 78.0 Å². The van der Waals surface area contributed by atoms with Crippen LogP contribution in [0.15, 0.2) is 81.7 Å². The van der Waals surface area contributed by atoms with Gasteiger partial charge in [-0.1, -0.05) is 17.7 Å². The lowest BCUT2D eigenvalue weighted by Gasteiger charge is -2.26. The van der Waals surface area contributed by atoms with Crippen molar-refractivity contribution < 1.29 is 21.6 Å². The predicted molar refractivity (Wildman–Crippen MR) is 122 cm³/mol. The number of amidine groups is 1. The minimum atomic E-state index is -3.72. The van der Waals surface area contributed by atoms with E-state index in [2.05, 4.69) is 14.4 Å². The standard InChI is InChI=1S/C21H20N4O5S2/c1-15-2-9-19(10-3-15)32(29,30)23-18-7-5-17(6-8-18)22-21(26)16-4-11-20-24-31(27,28)13-12-25(20)14-16/h2-11,14,23H,12-13H2,1H3,(H,22,26). The van der Waals surface area contributed by atoms with Crippen LogP contribution in [0.4, 0.5) is 11.4 Å². The summed E-state index contributed by atoms with van der Waals surface area (Å²) < 4.78 is 54.3. The molecule has 2 aliphatic rings. The first-order chi connectivity index (χ1) is 15.1. The van der Waals surface area contributed by atoms with Crippen molar-refractivity contribution in [2.75, 3.05) is 22.3 Å². The molecule has 0 saturated heterocycles. The summed E-state index contributed by atoms with van der Waals surface area (Å²) in [6, 6.07) is 12.8. The number of hydrogen-bond acceptors (Lipinski definition) is 6. The van der Waals surface area contributed by atoms with Crippen LogP contribution in [0.1, 0.15) is 5.56 Å². The maximum Gasteiger partial charge on any atom is 0.261 e. The van der Waals surface area contributed by atoms with Gasteiger partial charge in [0.2, 0.25) is 0 Å². The van der Waals surface area contributed by atoms with E-state index in [9.17, 15) is 21.6 Å². The average Bonchev–Trinajstić information content (AvgIpc) is 2.74. The molecule has 9 nitrogen and oxygen atoms in total. The van der Waals surface area contributed by atoms with Gasteiger partial charge in [0.15, 0.2) is 0 Å². The Bertz CT molecular complexity index is 1360. The minimum absolute atomic E-state index is 0.115. The number of anilines is 2. The van der Waals surface area contributed by atoms with Crippen molar-refractivity contribution in [2.24, 2.45) is 4.40 Å². The molecule has 2 aliphatic heterocycles. The molecule has 0 atom stereocenters. The second kappa shape index (κ2) is 8.24. The Kier molecular flexibility index (Phi) is 5.61. The smallest absolute Gasteiger partial charge is 0.261 e. The van der Waals surface area contributed by atoms with E-state index in [-0.39, 0.29) is 28.9 Å². The predicted octanol–water partition coefficient (Wildman–Crippen LogP) is 2.23. The zero-order valence-corrected chi connectivity index (χ0v) is 18.7. The normalized spacial score (nSPS) is 17.1. The number of sulfonamides is 2. The summed E-state index contributed by atoms with van der Waals surface area (Å²) in [5.41, 5.74) is 2.13. The van der Waals surface area contributed by atoms with Crippen molar-refractivity contribution in [1.29, 1.82) is 0 Å². The minimum Gasteiger partial charge on any atom is -0.330 e. The molecule has 0 bridgehead atoms. The van der Waals surface area contributed by atoms with E-state index < -0.39 is 20.0 Å². The molecule has 0 fully saturated rings. The van der Waals surface area contributed by atoms with Gasteiger partial charge in [-0.25, -0.2) is 16.8 Å². The van der Waals surface area contributed by atoms with E-state index in [0.29, 0.717) is 16.9 Å². The van der Waals surface area contributed by atoms with Crippen LogP contribution in [0, 0.1) is 6.92 Å². The molecular weight excluding hydrogens is 452 g/mol. The first-order valence-electron chi connectivity index (χ1n) is 9.61. The molecule has 2 aromatic rings. The summed E-state index contributed by atoms with van der Waals surface area (Å²) in [6.45, 7) is 2.09. The molecule has 0 spiro atoms. The first kappa shape index (κ1) is 21.8. The molecular formula is C21H20N4O5S2. The van der Waals surface area contributed by atoms with Gasteiger partial charge in [0.25, 0.3) is 26.0 Å². The largest absolute Gasteiger partial charge is 0.330 e. The van der Waals surface area contributed by atoms with Crippen LogP contribution in [-0.2, 0) is 24.8 Å². The van der Waals surface area contributed by atoms with Crippen LogP contribution in [0.5, 0.6) is 0 Å². The summed E-state index contributed by atoms with van der Waals surface area (Å²) in [5, 5.41) is 2.73. The molecule has 0 unspecified atom stereocenters. The van der Waals surface area contributed by atoms with Gasteiger partial charge in [0.1, 0.15) is 5.84 Å². The molecule has 0 aliphatic carbocycles. The highest BCUT2D eigenvalue weighted by Crippen LogP contribution is 2.21. The fourth-order valence-electron chi connectivity index (χ4n) is 3.09. The zero-order chi connectivity index (χ0) is 22.9. The van der Waals surface area contributed by atoms with E-state index in [4.69, 9.17) is 0 Å². The molecule has 2 heterocycles. The Balaban J connectivity index is 1.42. The Morgan fingerprint density at radius 1 is 1.00 bits per heavy atom. The molecule has 0 radical (unpaired) electrons. The maximum atomic E-state index is 12.6. The Labute approximate surface area is 186 Å². The van der Waals surface area contributed by atoms with Crippen molar-refractivity contribution >= 4 is 43.2 Å². The van der Waals surface area contributed by atoms with Gasteiger partial charge in [-0.15, -0.1) is 4.40 Å². The van der Waals surface area contributed by atoms with Gasteiger partial charge in [0, 0.05) is 24.1 Å². The fourth-order valence-corrected chi connectivity index (χ4v) is 5.12. The average molecular weight is 473 g/mol. The monoisotopic (exact) mass is 472 g/mol. The van der Waals surface area contributed by atoms with Crippen molar-refractivity contribution in [3.8, 4) is 0 Å². The summed E-state index contributed by atoms with van der Waals surface area (Å²) in [6.07, 6.45) is 4.52. The molecule has 4 rings (SSSR count). The summed E-state index contributed by atoms with van der Waals surface area (Å²) in [5.74, 6) is -0.227. The molecule has 2 aromatic carbocycles. The van der Waals surface area contributed by atoms with E-state index >= 15 is 0 Å². The molecule has 0 aromatic heterocycles. The quantitative estimate of drug-likeness (QED) is 0.688. The van der Waals surface area contributed by atoms with Crippen LogP contribution in [0.2, 0.25) is 0 Å². The number of nitrogens with zero attached hydrogens (tertiary/aromatic N) is 2. The second-order valence-electron chi connectivity index (χ2n) is 7.30. The second-order valence-corrected chi connectivity index (χ2v) is 10.7. The topological polar surface area (TPSA) is 125 Å². The highest BCUT2D eigenvalue weighted by atomic mass is 32.2. The zero-order valence-electron chi connectivity index (χ0n) is 17.0. The lowest BCUT2D eigenvalue weighted by Crippen LogP contribution is -2.37. The van der Waals surface area contributed by atoms with Gasteiger partial charge >= 0.3 is 0 Å². The summed E-state index contributed by atoms with van der Waals surface area (Å²) in [4.78, 5) is 14.3. The molecule has 11 heteroatoms. The summed E-state index contributed by atoms with van der Waals surface area (Å²) >= 11 is 0. The van der Waals surface area contributed by atoms with Gasteiger partial charge in [-0.2, -0.15) is 0 Å². The number of aryl methyl sites for hydroxylation is 1. The highest BCUT2D eigenvalue weighted by molar-refractivity contribution is 7.92. The van der Waals surface area contributed by atoms with Gasteiger partial charge in [0.05, 0.1) is 16.2 Å². The van der Waals surface area contributed by atoms with Crippen LogP contribution >= 0.6 is 0 Å². The fraction of sp³-hybridized carbons (Fsp3) is 0.143. The third-order valence-electron chi connectivity index (χ3n) is 4.81. The van der Waals surface area contributed by atoms with Crippen molar-refractivity contribution in [1.82, 2.24) is 4.90 Å². The Hall–Kier alpha value is -3.44. The van der Waals surface area contributed by atoms with Crippen LogP contribution < -0.4 is 10.0 Å². The third kappa shape index (κ3) is 4.89. The van der Waals surface area contributed by atoms with Gasteiger partial charge in [-0.3, -0.25) is 9.52 Å². The number of carbonyl (C=O) groups excluding carboxylic acids is 1. The number of carbonyl (C=O) groups is 1. The van der Waals surface area contributed by atoms with Gasteiger partial charge in [-0.05, 0) is 55.5 Å². The lowest BCUT2D eigenvalue weighted by atomic mass is 10.1. The number of rotatable bonds is 5. The van der Waals surface area contributed by atoms with Crippen molar-refractivity contribution in [3.63, 3.8) is 0 Å². The van der Waals surface area contributed by atoms with E-state index in [1.54, 1.807) is 47.5 Å². The van der Waals surface area contributed by atoms with E-state index in [0.717, 1.165) is 5.56 Å². The molecule has 1 amide bonds. The number of amides is 1. The Morgan fingerprint density at radius 3 is 2.34 bits per heavy atom. The van der Waals surface area contributed by atoms with Crippen molar-refractivity contribution in [2.45, 2.75) is 11.8 Å². The number of nitrogens with one attached hydrogen (secondary N) is 2. The van der Waals surface area contributed by atoms with Crippen LogP contribution in [0.3, 0.4) is 0 Å². The first-order valence-corrected chi connectivity index (χ1v) is 12.7. The Morgan fingerprint density at radius 2 is 1.66 bits per heavy atom. The number of hydrogen-bond donors (Lipinski definition) is 2. The van der Waals surface area contributed by atoms with E-state index in [1.165, 1.54) is 24.3 Å². The maximum absolute atomic E-state index is 12.6. The molecule has 0 saturated carbocycles. The number of benzene rings is 2. The lowest BCUT2D eigenvalue weighted by molar-refractivity contribution is -0.112. The highest BCUT2D eigenvalue weighted by Gasteiger charge is 2.25. The summed E-state index contributed by atoms with van der Waals surface area (Å²) in [7, 11) is -7.18.